The smallest absolute Gasteiger partial charge is 0.289 e. The van der Waals surface area contributed by atoms with Crippen molar-refractivity contribution in [3.05, 3.63) is 42.2 Å². The van der Waals surface area contributed by atoms with Gasteiger partial charge in [-0.3, -0.25) is 9.12 Å². The number of nitrogens with zero attached hydrogens (tertiary/aromatic N) is 2. The Labute approximate surface area is 93.1 Å². The molecule has 1 aromatic carbocycles. The summed E-state index contributed by atoms with van der Waals surface area (Å²) in [7, 11) is -4.30. The molecule has 16 heavy (non-hydrogen) atoms. The van der Waals surface area contributed by atoms with Crippen LogP contribution < -0.4 is 0 Å². The van der Waals surface area contributed by atoms with Crippen LogP contribution in [-0.2, 0) is 10.1 Å². The number of benzene rings is 1. The van der Waals surface area contributed by atoms with Crippen molar-refractivity contribution in [1.82, 2.24) is 9.55 Å². The van der Waals surface area contributed by atoms with Crippen LogP contribution >= 0.6 is 0 Å². The summed E-state index contributed by atoms with van der Waals surface area (Å²) in [6.45, 7) is 1.93. The summed E-state index contributed by atoms with van der Waals surface area (Å²) in [5, 5.41) is -0.378. The average molecular weight is 238 g/mol. The Bertz CT molecular complexity index is 599. The van der Waals surface area contributed by atoms with Gasteiger partial charge in [-0.05, 0) is 19.1 Å². The first-order chi connectivity index (χ1) is 7.48. The lowest BCUT2D eigenvalue weighted by atomic mass is 10.2. The molecule has 0 saturated carbocycles. The summed E-state index contributed by atoms with van der Waals surface area (Å²) in [6.07, 6.45) is 2.80. The highest BCUT2D eigenvalue weighted by Crippen LogP contribution is 2.14. The number of rotatable bonds is 2. The van der Waals surface area contributed by atoms with E-state index in [1.54, 1.807) is 12.1 Å². The minimum absolute atomic E-state index is 0.378. The third-order valence-electron chi connectivity index (χ3n) is 2.15. The van der Waals surface area contributed by atoms with Gasteiger partial charge in [-0.2, -0.15) is 8.42 Å². The highest BCUT2D eigenvalue weighted by molar-refractivity contribution is 7.85. The van der Waals surface area contributed by atoms with E-state index in [2.05, 4.69) is 4.98 Å². The molecule has 1 heterocycles. The molecule has 1 aromatic heterocycles. The quantitative estimate of drug-likeness (QED) is 0.803. The van der Waals surface area contributed by atoms with E-state index in [1.165, 1.54) is 17.0 Å². The van der Waals surface area contributed by atoms with Crippen LogP contribution in [0.25, 0.3) is 5.69 Å². The molecule has 0 aliphatic heterocycles. The van der Waals surface area contributed by atoms with E-state index in [1.807, 2.05) is 19.1 Å². The fraction of sp³-hybridized carbons (Fsp3) is 0.100. The van der Waals surface area contributed by atoms with Gasteiger partial charge < -0.3 is 0 Å². The van der Waals surface area contributed by atoms with E-state index >= 15 is 0 Å². The van der Waals surface area contributed by atoms with Crippen LogP contribution in [0.15, 0.2) is 41.8 Å². The summed E-state index contributed by atoms with van der Waals surface area (Å²) in [6, 6.07) is 7.21. The predicted molar refractivity (Wildman–Crippen MR) is 58.1 cm³/mol. The topological polar surface area (TPSA) is 72.2 Å². The van der Waals surface area contributed by atoms with Crippen molar-refractivity contribution in [3.63, 3.8) is 0 Å². The van der Waals surface area contributed by atoms with Crippen molar-refractivity contribution in [2.45, 2.75) is 12.1 Å². The number of aromatic nitrogens is 2. The zero-order chi connectivity index (χ0) is 11.8. The van der Waals surface area contributed by atoms with Crippen molar-refractivity contribution < 1.29 is 13.0 Å². The first kappa shape index (κ1) is 10.8. The SMILES string of the molecule is Cc1ccc(-n2ccnc2S(=O)(=O)O)cc1. The first-order valence-corrected chi connectivity index (χ1v) is 6.00. The second kappa shape index (κ2) is 3.73. The Morgan fingerprint density at radius 2 is 1.88 bits per heavy atom. The maximum absolute atomic E-state index is 11.0. The van der Waals surface area contributed by atoms with Gasteiger partial charge in [0.05, 0.1) is 0 Å². The molecule has 0 spiro atoms. The maximum Gasteiger partial charge on any atom is 0.329 e. The zero-order valence-electron chi connectivity index (χ0n) is 8.53. The molecule has 84 valence electrons. The van der Waals surface area contributed by atoms with E-state index in [4.69, 9.17) is 4.55 Å². The number of imidazole rings is 1. The third kappa shape index (κ3) is 1.98. The molecular formula is C10H10N2O3S. The monoisotopic (exact) mass is 238 g/mol. The van der Waals surface area contributed by atoms with Gasteiger partial charge in [0.25, 0.3) is 5.16 Å². The highest BCUT2D eigenvalue weighted by Gasteiger charge is 2.17. The van der Waals surface area contributed by atoms with E-state index in [9.17, 15) is 8.42 Å². The summed E-state index contributed by atoms with van der Waals surface area (Å²) < 4.78 is 32.3. The van der Waals surface area contributed by atoms with Crippen LogP contribution in [0.5, 0.6) is 0 Å². The van der Waals surface area contributed by atoms with Crippen LogP contribution in [0.4, 0.5) is 0 Å². The van der Waals surface area contributed by atoms with Crippen molar-refractivity contribution in [2.75, 3.05) is 0 Å². The fourth-order valence-electron chi connectivity index (χ4n) is 1.38. The van der Waals surface area contributed by atoms with E-state index in [0.717, 1.165) is 5.56 Å². The van der Waals surface area contributed by atoms with Gasteiger partial charge in [-0.15, -0.1) is 0 Å². The summed E-state index contributed by atoms with van der Waals surface area (Å²) >= 11 is 0. The molecule has 1 N–H and O–H groups in total. The van der Waals surface area contributed by atoms with Crippen LogP contribution in [-0.4, -0.2) is 22.5 Å². The maximum atomic E-state index is 11.0. The van der Waals surface area contributed by atoms with E-state index in [0.29, 0.717) is 5.69 Å². The molecule has 0 aliphatic carbocycles. The predicted octanol–water partition coefficient (Wildman–Crippen LogP) is 1.43. The largest absolute Gasteiger partial charge is 0.329 e. The molecule has 0 unspecified atom stereocenters. The number of hydrogen-bond acceptors (Lipinski definition) is 3. The number of hydrogen-bond donors (Lipinski definition) is 1. The molecular weight excluding hydrogens is 228 g/mol. The molecule has 0 saturated heterocycles. The Hall–Kier alpha value is -1.66. The van der Waals surface area contributed by atoms with Crippen molar-refractivity contribution in [1.29, 1.82) is 0 Å². The molecule has 0 aliphatic rings. The highest BCUT2D eigenvalue weighted by atomic mass is 32.2. The van der Waals surface area contributed by atoms with Gasteiger partial charge in [0.2, 0.25) is 0 Å². The van der Waals surface area contributed by atoms with Gasteiger partial charge in [-0.1, -0.05) is 17.7 Å². The Morgan fingerprint density at radius 3 is 2.44 bits per heavy atom. The molecule has 6 heteroatoms. The average Bonchev–Trinajstić information content (AvgIpc) is 2.66. The van der Waals surface area contributed by atoms with Gasteiger partial charge in [-0.25, -0.2) is 4.98 Å². The lowest BCUT2D eigenvalue weighted by Crippen LogP contribution is -2.07. The molecule has 0 amide bonds. The Morgan fingerprint density at radius 1 is 1.25 bits per heavy atom. The molecule has 5 nitrogen and oxygen atoms in total. The lowest BCUT2D eigenvalue weighted by Gasteiger charge is -2.05. The standard InChI is InChI=1S/C10H10N2O3S/c1-8-2-4-9(5-3-8)12-7-6-11-10(12)16(13,14)15/h2-7H,1H3,(H,13,14,15). The van der Waals surface area contributed by atoms with Crippen molar-refractivity contribution >= 4 is 10.1 Å². The van der Waals surface area contributed by atoms with Crippen LogP contribution in [0.1, 0.15) is 5.56 Å². The summed E-state index contributed by atoms with van der Waals surface area (Å²) in [4.78, 5) is 3.61. The molecule has 2 rings (SSSR count). The van der Waals surface area contributed by atoms with Gasteiger partial charge in [0.1, 0.15) is 0 Å². The minimum atomic E-state index is -4.30. The van der Waals surface area contributed by atoms with Crippen LogP contribution in [0.3, 0.4) is 0 Å². The zero-order valence-corrected chi connectivity index (χ0v) is 9.35. The van der Waals surface area contributed by atoms with Crippen molar-refractivity contribution in [2.24, 2.45) is 0 Å². The van der Waals surface area contributed by atoms with Crippen LogP contribution in [0, 0.1) is 6.92 Å². The molecule has 0 atom stereocenters. The van der Waals surface area contributed by atoms with Gasteiger partial charge in [0.15, 0.2) is 0 Å². The fourth-order valence-corrected chi connectivity index (χ4v) is 1.99. The Balaban J connectivity index is 2.58. The van der Waals surface area contributed by atoms with Gasteiger partial charge >= 0.3 is 10.1 Å². The lowest BCUT2D eigenvalue weighted by molar-refractivity contribution is 0.472. The van der Waals surface area contributed by atoms with Crippen molar-refractivity contribution in [3.8, 4) is 5.69 Å². The minimum Gasteiger partial charge on any atom is -0.289 e. The molecule has 2 aromatic rings. The van der Waals surface area contributed by atoms with E-state index in [-0.39, 0.29) is 5.16 Å². The van der Waals surface area contributed by atoms with E-state index < -0.39 is 10.1 Å². The number of aryl methyl sites for hydroxylation is 1. The normalized spacial score (nSPS) is 11.6. The summed E-state index contributed by atoms with van der Waals surface area (Å²) in [5.74, 6) is 0. The van der Waals surface area contributed by atoms with Gasteiger partial charge in [0, 0.05) is 18.1 Å². The molecule has 0 bridgehead atoms. The Kier molecular flexibility index (Phi) is 2.53. The third-order valence-corrected chi connectivity index (χ3v) is 2.91. The van der Waals surface area contributed by atoms with Crippen LogP contribution in [0.2, 0.25) is 0 Å². The molecule has 0 radical (unpaired) electrons. The second-order valence-corrected chi connectivity index (χ2v) is 4.71. The second-order valence-electron chi connectivity index (χ2n) is 3.39. The summed E-state index contributed by atoms with van der Waals surface area (Å²) in [5.41, 5.74) is 1.70. The molecule has 0 fully saturated rings. The first-order valence-electron chi connectivity index (χ1n) is 4.56.